The summed E-state index contributed by atoms with van der Waals surface area (Å²) in [6.07, 6.45) is 2.92. The highest BCUT2D eigenvalue weighted by molar-refractivity contribution is 14.0. The molecule has 1 unspecified atom stereocenters. The first kappa shape index (κ1) is 18.8. The minimum atomic E-state index is 0. The highest BCUT2D eigenvalue weighted by atomic mass is 127. The monoisotopic (exact) mass is 416 g/mol. The minimum absolute atomic E-state index is 0. The van der Waals surface area contributed by atoms with Gasteiger partial charge in [0, 0.05) is 36.8 Å². The number of aromatic nitrogens is 1. The number of aryl methyl sites for hydroxylation is 1. The second-order valence-electron chi connectivity index (χ2n) is 5.38. The molecule has 2 aromatic rings. The molecule has 0 radical (unpaired) electrons. The van der Waals surface area contributed by atoms with Gasteiger partial charge in [-0.15, -0.1) is 24.0 Å². The van der Waals surface area contributed by atoms with Crippen molar-refractivity contribution in [2.75, 3.05) is 20.3 Å². The van der Waals surface area contributed by atoms with Crippen molar-refractivity contribution in [2.45, 2.75) is 26.3 Å². The average molecular weight is 416 g/mol. The number of fused-ring (bicyclic) bond motifs is 1. The summed E-state index contributed by atoms with van der Waals surface area (Å²) in [6.45, 7) is 5.38. The molecule has 0 aliphatic carbocycles. The zero-order valence-electron chi connectivity index (χ0n) is 13.3. The Balaban J connectivity index is 0.00000242. The van der Waals surface area contributed by atoms with Crippen molar-refractivity contribution in [3.05, 3.63) is 35.5 Å². The molecule has 0 fully saturated rings. The minimum Gasteiger partial charge on any atom is -0.383 e. The Morgan fingerprint density at radius 3 is 2.95 bits per heavy atom. The third-order valence-electron chi connectivity index (χ3n) is 3.40. The standard InChI is InChI=1S/C16H24N4O.HI/c1-11-4-5-14-13(9-19-15(14)8-11)6-7-18-16(17)20-12(2)10-21-3;/h4-5,8-9,12,19H,6-7,10H2,1-3H3,(H3,17,18,20);1H. The maximum Gasteiger partial charge on any atom is 0.188 e. The van der Waals surface area contributed by atoms with Gasteiger partial charge in [-0.3, -0.25) is 4.99 Å². The van der Waals surface area contributed by atoms with Gasteiger partial charge < -0.3 is 20.8 Å². The van der Waals surface area contributed by atoms with Crippen LogP contribution in [0.2, 0.25) is 0 Å². The Morgan fingerprint density at radius 1 is 1.45 bits per heavy atom. The van der Waals surface area contributed by atoms with Gasteiger partial charge in [-0.25, -0.2) is 0 Å². The van der Waals surface area contributed by atoms with Gasteiger partial charge in [-0.05, 0) is 37.5 Å². The van der Waals surface area contributed by atoms with Crippen LogP contribution in [0.25, 0.3) is 10.9 Å². The normalized spacial score (nSPS) is 13.0. The van der Waals surface area contributed by atoms with Crippen LogP contribution in [0.3, 0.4) is 0 Å². The molecule has 5 nitrogen and oxygen atoms in total. The van der Waals surface area contributed by atoms with E-state index in [0.29, 0.717) is 19.1 Å². The number of halogens is 1. The number of hydrogen-bond donors (Lipinski definition) is 3. The van der Waals surface area contributed by atoms with Gasteiger partial charge in [0.25, 0.3) is 0 Å². The van der Waals surface area contributed by atoms with Gasteiger partial charge in [0.15, 0.2) is 5.96 Å². The summed E-state index contributed by atoms with van der Waals surface area (Å²) in [7, 11) is 1.67. The van der Waals surface area contributed by atoms with E-state index in [1.165, 1.54) is 22.0 Å². The van der Waals surface area contributed by atoms with E-state index < -0.39 is 0 Å². The number of aliphatic imine (C=N–C) groups is 1. The van der Waals surface area contributed by atoms with E-state index in [1.807, 2.05) is 6.92 Å². The maximum absolute atomic E-state index is 5.85. The van der Waals surface area contributed by atoms with Crippen LogP contribution in [0, 0.1) is 6.92 Å². The second kappa shape index (κ2) is 8.99. The van der Waals surface area contributed by atoms with Gasteiger partial charge in [0.2, 0.25) is 0 Å². The molecule has 1 aromatic heterocycles. The lowest BCUT2D eigenvalue weighted by Gasteiger charge is -2.12. The fourth-order valence-electron chi connectivity index (χ4n) is 2.39. The van der Waals surface area contributed by atoms with E-state index in [2.05, 4.69) is 46.6 Å². The summed E-state index contributed by atoms with van der Waals surface area (Å²) in [5.74, 6) is 0.468. The van der Waals surface area contributed by atoms with E-state index in [1.54, 1.807) is 7.11 Å². The SMILES string of the molecule is COCC(C)NC(N)=NCCc1c[nH]c2cc(C)ccc12.I. The fraction of sp³-hybridized carbons (Fsp3) is 0.438. The molecule has 6 heteroatoms. The van der Waals surface area contributed by atoms with Crippen molar-refractivity contribution in [3.8, 4) is 0 Å². The van der Waals surface area contributed by atoms with Crippen LogP contribution in [-0.4, -0.2) is 37.2 Å². The van der Waals surface area contributed by atoms with Crippen LogP contribution in [0.4, 0.5) is 0 Å². The number of H-pyrrole nitrogens is 1. The lowest BCUT2D eigenvalue weighted by atomic mass is 10.1. The summed E-state index contributed by atoms with van der Waals surface area (Å²) in [5, 5.41) is 4.36. The van der Waals surface area contributed by atoms with Gasteiger partial charge >= 0.3 is 0 Å². The van der Waals surface area contributed by atoms with Crippen molar-refractivity contribution in [1.82, 2.24) is 10.3 Å². The average Bonchev–Trinajstić information content (AvgIpc) is 2.81. The summed E-state index contributed by atoms with van der Waals surface area (Å²) < 4.78 is 5.05. The van der Waals surface area contributed by atoms with Crippen LogP contribution in [0.15, 0.2) is 29.4 Å². The summed E-state index contributed by atoms with van der Waals surface area (Å²) in [5.41, 5.74) is 9.56. The van der Waals surface area contributed by atoms with E-state index in [-0.39, 0.29) is 30.0 Å². The first-order chi connectivity index (χ1) is 10.1. The summed E-state index contributed by atoms with van der Waals surface area (Å²) in [6, 6.07) is 6.60. The molecule has 1 atom stereocenters. The largest absolute Gasteiger partial charge is 0.383 e. The van der Waals surface area contributed by atoms with E-state index >= 15 is 0 Å². The number of nitrogens with two attached hydrogens (primary N) is 1. The van der Waals surface area contributed by atoms with Gasteiger partial charge in [-0.1, -0.05) is 12.1 Å². The number of benzene rings is 1. The van der Waals surface area contributed by atoms with Crippen molar-refractivity contribution < 1.29 is 4.74 Å². The molecule has 4 N–H and O–H groups in total. The summed E-state index contributed by atoms with van der Waals surface area (Å²) >= 11 is 0. The molecular weight excluding hydrogens is 391 g/mol. The zero-order chi connectivity index (χ0) is 15.2. The molecule has 0 saturated carbocycles. The number of aromatic amines is 1. The van der Waals surface area contributed by atoms with Crippen LogP contribution in [-0.2, 0) is 11.2 Å². The molecule has 22 heavy (non-hydrogen) atoms. The van der Waals surface area contributed by atoms with Crippen LogP contribution in [0.1, 0.15) is 18.1 Å². The Morgan fingerprint density at radius 2 is 2.23 bits per heavy atom. The Kier molecular flexibility index (Phi) is 7.67. The summed E-state index contributed by atoms with van der Waals surface area (Å²) in [4.78, 5) is 7.66. The number of methoxy groups -OCH3 is 1. The molecule has 0 amide bonds. The molecule has 0 aliphatic rings. The lowest BCUT2D eigenvalue weighted by molar-refractivity contribution is 0.179. The number of guanidine groups is 1. The van der Waals surface area contributed by atoms with Gasteiger partial charge in [0.05, 0.1) is 6.61 Å². The zero-order valence-corrected chi connectivity index (χ0v) is 15.7. The molecular formula is C16H25IN4O. The Bertz CT molecular complexity index is 624. The molecule has 122 valence electrons. The molecule has 2 rings (SSSR count). The number of hydrogen-bond acceptors (Lipinski definition) is 2. The van der Waals surface area contributed by atoms with Crippen LogP contribution >= 0.6 is 24.0 Å². The third-order valence-corrected chi connectivity index (χ3v) is 3.40. The first-order valence-electron chi connectivity index (χ1n) is 7.22. The van der Waals surface area contributed by atoms with Crippen molar-refractivity contribution >= 4 is 40.8 Å². The molecule has 1 heterocycles. The van der Waals surface area contributed by atoms with Crippen LogP contribution in [0.5, 0.6) is 0 Å². The molecule has 1 aromatic carbocycles. The van der Waals surface area contributed by atoms with Gasteiger partial charge in [-0.2, -0.15) is 0 Å². The first-order valence-corrected chi connectivity index (χ1v) is 7.22. The van der Waals surface area contributed by atoms with Crippen molar-refractivity contribution in [1.29, 1.82) is 0 Å². The number of nitrogens with one attached hydrogen (secondary N) is 2. The van der Waals surface area contributed by atoms with Gasteiger partial charge in [0.1, 0.15) is 0 Å². The van der Waals surface area contributed by atoms with E-state index in [0.717, 1.165) is 6.42 Å². The maximum atomic E-state index is 5.85. The predicted octanol–water partition coefficient (Wildman–Crippen LogP) is 2.58. The predicted molar refractivity (Wildman–Crippen MR) is 103 cm³/mol. The third kappa shape index (κ3) is 5.17. The molecule has 0 bridgehead atoms. The highest BCUT2D eigenvalue weighted by Gasteiger charge is 2.04. The van der Waals surface area contributed by atoms with Crippen molar-refractivity contribution in [2.24, 2.45) is 10.7 Å². The van der Waals surface area contributed by atoms with E-state index in [9.17, 15) is 0 Å². The van der Waals surface area contributed by atoms with Crippen LogP contribution < -0.4 is 11.1 Å². The van der Waals surface area contributed by atoms with E-state index in [4.69, 9.17) is 10.5 Å². The molecule has 0 spiro atoms. The lowest BCUT2D eigenvalue weighted by Crippen LogP contribution is -2.40. The Labute approximate surface area is 148 Å². The smallest absolute Gasteiger partial charge is 0.188 e. The Hall–Kier alpha value is -1.28. The number of nitrogens with zero attached hydrogens (tertiary/aromatic N) is 1. The molecule has 0 aliphatic heterocycles. The van der Waals surface area contributed by atoms with Crippen molar-refractivity contribution in [3.63, 3.8) is 0 Å². The number of rotatable bonds is 6. The topological polar surface area (TPSA) is 75.4 Å². The second-order valence-corrected chi connectivity index (χ2v) is 5.38. The molecule has 0 saturated heterocycles. The highest BCUT2D eigenvalue weighted by Crippen LogP contribution is 2.19. The fourth-order valence-corrected chi connectivity index (χ4v) is 2.39. The number of ether oxygens (including phenoxy) is 1. The quantitative estimate of drug-likeness (QED) is 0.385.